The molecule has 0 spiro atoms. The van der Waals surface area contributed by atoms with Gasteiger partial charge in [0, 0.05) is 10.9 Å². The number of aromatic nitrogens is 4. The summed E-state index contributed by atoms with van der Waals surface area (Å²) in [5.74, 6) is 0.736. The summed E-state index contributed by atoms with van der Waals surface area (Å²) >= 11 is 6.35. The Kier molecular flexibility index (Phi) is 5.74. The largest absolute Gasteiger partial charge is 0.497 e. The molecule has 0 saturated heterocycles. The molecule has 0 unspecified atom stereocenters. The molecule has 2 heterocycles. The van der Waals surface area contributed by atoms with Crippen molar-refractivity contribution in [3.63, 3.8) is 0 Å². The van der Waals surface area contributed by atoms with Crippen molar-refractivity contribution in [3.8, 4) is 17.1 Å². The number of carbonyl (C=O) groups excluding carboxylic acids is 1. The van der Waals surface area contributed by atoms with E-state index in [0.717, 1.165) is 16.7 Å². The van der Waals surface area contributed by atoms with E-state index in [1.165, 1.54) is 9.08 Å². The van der Waals surface area contributed by atoms with Crippen LogP contribution in [0.15, 0.2) is 65.5 Å². The Morgan fingerprint density at radius 2 is 1.83 bits per heavy atom. The second-order valence-electron chi connectivity index (χ2n) is 8.27. The molecule has 0 aliphatic rings. The van der Waals surface area contributed by atoms with Crippen molar-refractivity contribution in [2.24, 2.45) is 0 Å². The van der Waals surface area contributed by atoms with Crippen LogP contribution in [0.2, 0.25) is 5.02 Å². The van der Waals surface area contributed by atoms with E-state index in [2.05, 4.69) is 15.4 Å². The summed E-state index contributed by atoms with van der Waals surface area (Å²) in [4.78, 5) is 31.1. The highest BCUT2D eigenvalue weighted by Gasteiger charge is 2.18. The highest BCUT2D eigenvalue weighted by atomic mass is 35.5. The predicted molar refractivity (Wildman–Crippen MR) is 136 cm³/mol. The maximum absolute atomic E-state index is 13.5. The lowest BCUT2D eigenvalue weighted by Crippen LogP contribution is -2.32. The van der Waals surface area contributed by atoms with Gasteiger partial charge >= 0.3 is 5.69 Å². The fraction of sp³-hybridized carbons (Fsp3) is 0.154. The lowest BCUT2D eigenvalue weighted by molar-refractivity contribution is -0.116. The van der Waals surface area contributed by atoms with E-state index in [-0.39, 0.29) is 12.5 Å². The third kappa shape index (κ3) is 4.13. The smallest absolute Gasteiger partial charge is 0.351 e. The number of hydrogen-bond acceptors (Lipinski definition) is 5. The van der Waals surface area contributed by atoms with E-state index in [4.69, 9.17) is 16.3 Å². The zero-order chi connectivity index (χ0) is 24.7. The number of rotatable bonds is 5. The number of ether oxygens (including phenoxy) is 1. The summed E-state index contributed by atoms with van der Waals surface area (Å²) in [6, 6.07) is 18.3. The van der Waals surface area contributed by atoms with Crippen LogP contribution in [0, 0.1) is 13.8 Å². The summed E-state index contributed by atoms with van der Waals surface area (Å²) in [5, 5.41) is 8.46. The van der Waals surface area contributed by atoms with Gasteiger partial charge in [-0.05, 0) is 67.4 Å². The SMILES string of the molecule is COc1ccc(-c2nc3c4ccccc4n(CC(=O)Nc4c(C)cc(C)cc4Cl)c(=O)n3n2)cc1. The first kappa shape index (κ1) is 22.6. The van der Waals surface area contributed by atoms with Crippen molar-refractivity contribution in [3.05, 3.63) is 87.3 Å². The Bertz CT molecular complexity index is 1630. The Morgan fingerprint density at radius 1 is 1.09 bits per heavy atom. The first-order chi connectivity index (χ1) is 16.9. The van der Waals surface area contributed by atoms with Crippen molar-refractivity contribution >= 4 is 39.7 Å². The van der Waals surface area contributed by atoms with Crippen LogP contribution in [0.4, 0.5) is 5.69 Å². The van der Waals surface area contributed by atoms with E-state index in [1.54, 1.807) is 31.4 Å². The second-order valence-corrected chi connectivity index (χ2v) is 8.68. The van der Waals surface area contributed by atoms with Crippen LogP contribution in [0.1, 0.15) is 11.1 Å². The molecule has 0 fully saturated rings. The Morgan fingerprint density at radius 3 is 2.54 bits per heavy atom. The summed E-state index contributed by atoms with van der Waals surface area (Å²) in [5.41, 5.74) is 3.65. The van der Waals surface area contributed by atoms with Gasteiger partial charge in [-0.3, -0.25) is 9.36 Å². The molecule has 5 rings (SSSR count). The van der Waals surface area contributed by atoms with Gasteiger partial charge in [-0.1, -0.05) is 29.8 Å². The van der Waals surface area contributed by atoms with Gasteiger partial charge in [0.2, 0.25) is 5.91 Å². The molecule has 0 bridgehead atoms. The molecule has 35 heavy (non-hydrogen) atoms. The average molecular weight is 488 g/mol. The number of carbonyl (C=O) groups is 1. The fourth-order valence-corrected chi connectivity index (χ4v) is 4.52. The van der Waals surface area contributed by atoms with Crippen molar-refractivity contribution < 1.29 is 9.53 Å². The van der Waals surface area contributed by atoms with Crippen LogP contribution in [0.3, 0.4) is 0 Å². The van der Waals surface area contributed by atoms with E-state index < -0.39 is 5.69 Å². The molecule has 176 valence electrons. The third-order valence-electron chi connectivity index (χ3n) is 5.80. The number of hydrogen-bond donors (Lipinski definition) is 1. The maximum atomic E-state index is 13.5. The van der Waals surface area contributed by atoms with Gasteiger partial charge in [-0.2, -0.15) is 4.52 Å². The molecule has 5 aromatic rings. The number of methoxy groups -OCH3 is 1. The monoisotopic (exact) mass is 487 g/mol. The fourth-order valence-electron chi connectivity index (χ4n) is 4.15. The number of nitrogens with zero attached hydrogens (tertiary/aromatic N) is 4. The van der Waals surface area contributed by atoms with Crippen molar-refractivity contribution in [2.75, 3.05) is 12.4 Å². The molecular weight excluding hydrogens is 466 g/mol. The van der Waals surface area contributed by atoms with Crippen LogP contribution in [-0.2, 0) is 11.3 Å². The van der Waals surface area contributed by atoms with Gasteiger partial charge in [0.15, 0.2) is 11.5 Å². The van der Waals surface area contributed by atoms with Gasteiger partial charge in [-0.15, -0.1) is 5.10 Å². The second kappa shape index (κ2) is 8.88. The molecule has 0 saturated carbocycles. The molecule has 0 radical (unpaired) electrons. The van der Waals surface area contributed by atoms with Crippen LogP contribution >= 0.6 is 11.6 Å². The number of fused-ring (bicyclic) bond motifs is 3. The molecule has 0 atom stereocenters. The minimum Gasteiger partial charge on any atom is -0.497 e. The number of halogens is 1. The zero-order valence-corrected chi connectivity index (χ0v) is 20.1. The van der Waals surface area contributed by atoms with E-state index >= 15 is 0 Å². The molecule has 8 nitrogen and oxygen atoms in total. The number of para-hydroxylation sites is 1. The van der Waals surface area contributed by atoms with E-state index in [1.807, 2.05) is 50.2 Å². The molecule has 1 amide bonds. The van der Waals surface area contributed by atoms with Crippen molar-refractivity contribution in [1.82, 2.24) is 19.2 Å². The highest BCUT2D eigenvalue weighted by Crippen LogP contribution is 2.28. The van der Waals surface area contributed by atoms with E-state index in [9.17, 15) is 9.59 Å². The normalized spacial score (nSPS) is 11.2. The van der Waals surface area contributed by atoms with Crippen molar-refractivity contribution in [1.29, 1.82) is 0 Å². The topological polar surface area (TPSA) is 90.5 Å². The lowest BCUT2D eigenvalue weighted by Gasteiger charge is -2.14. The lowest BCUT2D eigenvalue weighted by atomic mass is 10.1. The van der Waals surface area contributed by atoms with Gasteiger partial charge in [0.05, 0.1) is 23.3 Å². The maximum Gasteiger partial charge on any atom is 0.351 e. The minimum atomic E-state index is -0.465. The first-order valence-corrected chi connectivity index (χ1v) is 11.3. The molecule has 2 aromatic heterocycles. The number of aryl methyl sites for hydroxylation is 2. The summed E-state index contributed by atoms with van der Waals surface area (Å²) < 4.78 is 7.84. The van der Waals surface area contributed by atoms with Crippen LogP contribution in [0.25, 0.3) is 27.9 Å². The number of anilines is 1. The Hall–Kier alpha value is -4.17. The molecule has 3 aromatic carbocycles. The number of nitrogens with one attached hydrogen (secondary N) is 1. The minimum absolute atomic E-state index is 0.212. The van der Waals surface area contributed by atoms with E-state index in [0.29, 0.717) is 38.8 Å². The van der Waals surface area contributed by atoms with Gasteiger partial charge in [-0.25, -0.2) is 9.78 Å². The quantitative estimate of drug-likeness (QED) is 0.390. The predicted octanol–water partition coefficient (Wildman–Crippen LogP) is 4.63. The summed E-state index contributed by atoms with van der Waals surface area (Å²) in [6.45, 7) is 3.60. The number of amides is 1. The van der Waals surface area contributed by atoms with Crippen LogP contribution in [0.5, 0.6) is 5.75 Å². The Balaban J connectivity index is 1.58. The molecule has 9 heteroatoms. The van der Waals surface area contributed by atoms with Gasteiger partial charge < -0.3 is 10.1 Å². The van der Waals surface area contributed by atoms with Gasteiger partial charge in [0.25, 0.3) is 0 Å². The Labute approximate surface area is 205 Å². The summed E-state index contributed by atoms with van der Waals surface area (Å²) in [6.07, 6.45) is 0. The highest BCUT2D eigenvalue weighted by molar-refractivity contribution is 6.34. The summed E-state index contributed by atoms with van der Waals surface area (Å²) in [7, 11) is 1.59. The molecule has 0 aliphatic carbocycles. The molecule has 1 N–H and O–H groups in total. The van der Waals surface area contributed by atoms with Crippen LogP contribution < -0.4 is 15.7 Å². The standard InChI is InChI=1S/C26H22ClN5O3/c1-15-12-16(2)23(20(27)13-15)28-22(33)14-31-21-7-5-4-6-19(21)25-29-24(30-32(25)26(31)34)17-8-10-18(35-3)11-9-17/h4-13H,14H2,1-3H3,(H,28,33). The molecule has 0 aliphatic heterocycles. The third-order valence-corrected chi connectivity index (χ3v) is 6.10. The van der Waals surface area contributed by atoms with Crippen molar-refractivity contribution in [2.45, 2.75) is 20.4 Å². The number of benzene rings is 3. The van der Waals surface area contributed by atoms with Crippen LogP contribution in [-0.4, -0.2) is 32.2 Å². The average Bonchev–Trinajstić information content (AvgIpc) is 3.30. The van der Waals surface area contributed by atoms with Gasteiger partial charge in [0.1, 0.15) is 12.3 Å². The zero-order valence-electron chi connectivity index (χ0n) is 19.4. The first-order valence-electron chi connectivity index (χ1n) is 10.9. The molecular formula is C26H22ClN5O3.